The molecule has 6 rings (SSSR count). The molecule has 204 valence electrons. The van der Waals surface area contributed by atoms with Crippen molar-refractivity contribution in [1.29, 1.82) is 0 Å². The third-order valence-corrected chi connectivity index (χ3v) is 8.13. The first-order chi connectivity index (χ1) is 18.6. The molecule has 0 amide bonds. The van der Waals surface area contributed by atoms with E-state index in [-0.39, 0.29) is 11.6 Å². The predicted molar refractivity (Wildman–Crippen MR) is 141 cm³/mol. The van der Waals surface area contributed by atoms with E-state index in [4.69, 9.17) is 11.6 Å². The van der Waals surface area contributed by atoms with Gasteiger partial charge in [-0.25, -0.2) is 9.37 Å². The third-order valence-electron chi connectivity index (χ3n) is 7.83. The van der Waals surface area contributed by atoms with Crippen molar-refractivity contribution in [1.82, 2.24) is 20.2 Å². The van der Waals surface area contributed by atoms with Crippen molar-refractivity contribution in [2.45, 2.75) is 50.0 Å². The molecule has 0 spiro atoms. The molecule has 1 aromatic carbocycles. The number of anilines is 1. The molecule has 5 heterocycles. The maximum atomic E-state index is 16.2. The zero-order chi connectivity index (χ0) is 27.5. The van der Waals surface area contributed by atoms with Crippen LogP contribution in [0.2, 0.25) is 5.02 Å². The Kier molecular flexibility index (Phi) is 6.57. The lowest BCUT2D eigenvalue weighted by molar-refractivity contribution is -0.137. The summed E-state index contributed by atoms with van der Waals surface area (Å²) in [6.07, 6.45) is 0.488. The van der Waals surface area contributed by atoms with Gasteiger partial charge >= 0.3 is 6.18 Å². The molecular formula is C28H26ClF4N5O. The van der Waals surface area contributed by atoms with Crippen LogP contribution in [0.5, 0.6) is 5.75 Å². The summed E-state index contributed by atoms with van der Waals surface area (Å²) >= 11 is 5.86. The molecule has 11 heteroatoms. The fourth-order valence-electron chi connectivity index (χ4n) is 5.96. The van der Waals surface area contributed by atoms with Crippen molar-refractivity contribution in [2.24, 2.45) is 0 Å². The molecule has 3 saturated heterocycles. The van der Waals surface area contributed by atoms with Crippen LogP contribution in [0, 0.1) is 17.7 Å². The van der Waals surface area contributed by atoms with Crippen LogP contribution in [-0.2, 0) is 6.18 Å². The second kappa shape index (κ2) is 9.81. The first-order valence-corrected chi connectivity index (χ1v) is 13.3. The number of aromatic nitrogens is 2. The van der Waals surface area contributed by atoms with Gasteiger partial charge in [0.1, 0.15) is 22.7 Å². The fraction of sp³-hybridized carbons (Fsp3) is 0.429. The molecule has 2 N–H and O–H groups in total. The second-order valence-electron chi connectivity index (χ2n) is 10.5. The van der Waals surface area contributed by atoms with E-state index in [1.54, 1.807) is 0 Å². The van der Waals surface area contributed by atoms with Crippen LogP contribution in [0.3, 0.4) is 0 Å². The Hall–Kier alpha value is -3.13. The van der Waals surface area contributed by atoms with Crippen molar-refractivity contribution >= 4 is 28.2 Å². The first-order valence-electron chi connectivity index (χ1n) is 12.9. The number of halogens is 5. The molecule has 2 bridgehead atoms. The Morgan fingerprint density at radius 2 is 1.87 bits per heavy atom. The molecule has 3 unspecified atom stereocenters. The van der Waals surface area contributed by atoms with Crippen molar-refractivity contribution < 1.29 is 22.7 Å². The third kappa shape index (κ3) is 4.88. The molecule has 6 nitrogen and oxygen atoms in total. The van der Waals surface area contributed by atoms with Gasteiger partial charge in [0.25, 0.3) is 0 Å². The summed E-state index contributed by atoms with van der Waals surface area (Å²) in [6, 6.07) is 4.07. The number of aromatic hydroxyl groups is 1. The molecule has 0 saturated carbocycles. The lowest BCUT2D eigenvalue weighted by atomic mass is 10.0. The van der Waals surface area contributed by atoms with Gasteiger partial charge in [-0.2, -0.15) is 13.2 Å². The fourth-order valence-corrected chi connectivity index (χ4v) is 6.28. The minimum Gasteiger partial charge on any atom is -0.508 e. The van der Waals surface area contributed by atoms with Crippen LogP contribution in [0.25, 0.3) is 22.2 Å². The zero-order valence-corrected chi connectivity index (χ0v) is 21.9. The van der Waals surface area contributed by atoms with Crippen LogP contribution in [0.15, 0.2) is 24.4 Å². The van der Waals surface area contributed by atoms with Gasteiger partial charge in [-0.1, -0.05) is 17.5 Å². The highest BCUT2D eigenvalue weighted by Crippen LogP contribution is 2.44. The maximum absolute atomic E-state index is 16.2. The number of piperazine rings is 1. The second-order valence-corrected chi connectivity index (χ2v) is 10.9. The highest BCUT2D eigenvalue weighted by atomic mass is 35.5. The Morgan fingerprint density at radius 3 is 2.54 bits per heavy atom. The Bertz CT molecular complexity index is 1510. The van der Waals surface area contributed by atoms with Crippen LogP contribution < -0.4 is 10.2 Å². The molecule has 3 atom stereocenters. The predicted octanol–water partition coefficient (Wildman–Crippen LogP) is 5.20. The van der Waals surface area contributed by atoms with Crippen molar-refractivity contribution in [3.8, 4) is 28.8 Å². The van der Waals surface area contributed by atoms with E-state index in [0.29, 0.717) is 41.9 Å². The van der Waals surface area contributed by atoms with Crippen LogP contribution in [-0.4, -0.2) is 64.8 Å². The Balaban J connectivity index is 1.54. The number of phenols is 1. The standard InChI is InChI=1S/C28H26ClF4N5O/c1-37-8-2-3-18(37)7-6-15-9-23(38-13-16-4-5-17(14-38)35-16)21-12-34-26(25(30)27(21)36-15)20-10-19(39)11-22(29)24(20)28(31,32)33/h9-12,16-18,35,39H,2-5,8,13-14H2,1H3. The molecule has 3 aromatic rings. The average Bonchev–Trinajstić information content (AvgIpc) is 3.44. The monoisotopic (exact) mass is 559 g/mol. The van der Waals surface area contributed by atoms with E-state index in [0.717, 1.165) is 44.4 Å². The lowest BCUT2D eigenvalue weighted by Gasteiger charge is -2.35. The van der Waals surface area contributed by atoms with Crippen molar-refractivity contribution in [2.75, 3.05) is 31.6 Å². The van der Waals surface area contributed by atoms with Crippen LogP contribution in [0.4, 0.5) is 23.2 Å². The maximum Gasteiger partial charge on any atom is 0.418 e. The summed E-state index contributed by atoms with van der Waals surface area (Å²) in [5.74, 6) is 4.76. The Labute approximate surface area is 228 Å². The molecule has 0 aliphatic carbocycles. The van der Waals surface area contributed by atoms with E-state index >= 15 is 4.39 Å². The molecule has 39 heavy (non-hydrogen) atoms. The minimum absolute atomic E-state index is 0.0580. The number of benzene rings is 1. The lowest BCUT2D eigenvalue weighted by Crippen LogP contribution is -2.51. The Morgan fingerprint density at radius 1 is 1.13 bits per heavy atom. The number of likely N-dealkylation sites (tertiary alicyclic amines) is 1. The summed E-state index contributed by atoms with van der Waals surface area (Å²) in [5.41, 5.74) is -1.60. The number of pyridine rings is 2. The van der Waals surface area contributed by atoms with Gasteiger partial charge < -0.3 is 15.3 Å². The largest absolute Gasteiger partial charge is 0.508 e. The molecule has 3 fully saturated rings. The number of hydrogen-bond acceptors (Lipinski definition) is 6. The van der Waals surface area contributed by atoms with Crippen LogP contribution >= 0.6 is 11.6 Å². The van der Waals surface area contributed by atoms with Gasteiger partial charge in [0.2, 0.25) is 0 Å². The van der Waals surface area contributed by atoms with E-state index in [1.807, 2.05) is 13.1 Å². The van der Waals surface area contributed by atoms with E-state index in [9.17, 15) is 18.3 Å². The molecule has 2 aromatic heterocycles. The molecule has 0 radical (unpaired) electrons. The first kappa shape index (κ1) is 26.1. The number of nitrogens with zero attached hydrogens (tertiary/aromatic N) is 4. The number of alkyl halides is 3. The smallest absolute Gasteiger partial charge is 0.418 e. The summed E-state index contributed by atoms with van der Waals surface area (Å²) < 4.78 is 58.0. The number of nitrogens with one attached hydrogen (secondary N) is 1. The zero-order valence-electron chi connectivity index (χ0n) is 21.1. The summed E-state index contributed by atoms with van der Waals surface area (Å²) in [6.45, 7) is 2.35. The van der Waals surface area contributed by atoms with Gasteiger partial charge in [-0.05, 0) is 63.4 Å². The summed E-state index contributed by atoms with van der Waals surface area (Å²) in [7, 11) is 2.00. The van der Waals surface area contributed by atoms with E-state index < -0.39 is 39.6 Å². The van der Waals surface area contributed by atoms with Gasteiger partial charge in [0.15, 0.2) is 5.82 Å². The number of phenolic OH excluding ortho intramolecular Hbond substituents is 1. The van der Waals surface area contributed by atoms with Crippen molar-refractivity contribution in [3.05, 3.63) is 46.5 Å². The highest BCUT2D eigenvalue weighted by molar-refractivity contribution is 6.32. The summed E-state index contributed by atoms with van der Waals surface area (Å²) in [5, 5.41) is 13.2. The summed E-state index contributed by atoms with van der Waals surface area (Å²) in [4.78, 5) is 12.9. The minimum atomic E-state index is -4.90. The van der Waals surface area contributed by atoms with Gasteiger partial charge in [-0.15, -0.1) is 0 Å². The van der Waals surface area contributed by atoms with Gasteiger partial charge in [-0.3, -0.25) is 9.88 Å². The number of rotatable bonds is 2. The van der Waals surface area contributed by atoms with Crippen molar-refractivity contribution in [3.63, 3.8) is 0 Å². The SMILES string of the molecule is CN1CCCC1C#Cc1cc(N2CC3CCC(C2)N3)c2cnc(-c3cc(O)cc(Cl)c3C(F)(F)F)c(F)c2n1. The topological polar surface area (TPSA) is 64.5 Å². The van der Waals surface area contributed by atoms with E-state index in [2.05, 4.69) is 36.9 Å². The normalized spacial score (nSPS) is 23.3. The van der Waals surface area contributed by atoms with Gasteiger partial charge in [0, 0.05) is 42.3 Å². The molecular weight excluding hydrogens is 534 g/mol. The van der Waals surface area contributed by atoms with E-state index in [1.165, 1.54) is 6.20 Å². The highest BCUT2D eigenvalue weighted by Gasteiger charge is 2.38. The molecule has 3 aliphatic rings. The number of fused-ring (bicyclic) bond motifs is 3. The number of hydrogen-bond donors (Lipinski definition) is 2. The quantitative estimate of drug-likeness (QED) is 0.332. The van der Waals surface area contributed by atoms with Crippen LogP contribution in [0.1, 0.15) is 36.9 Å². The van der Waals surface area contributed by atoms with Gasteiger partial charge in [0.05, 0.1) is 22.3 Å². The average molecular weight is 560 g/mol. The molecule has 3 aliphatic heterocycles.